The van der Waals surface area contributed by atoms with E-state index < -0.39 is 12.1 Å². The van der Waals surface area contributed by atoms with Crippen molar-refractivity contribution in [3.63, 3.8) is 0 Å². The molecule has 0 bridgehead atoms. The number of hydrogen-bond acceptors (Lipinski definition) is 2. The molecule has 10 heavy (non-hydrogen) atoms. The molecule has 1 atom stereocenters. The topological polar surface area (TPSA) is 57.5 Å². The molecular weight excluding hydrogens is 200 g/mol. The number of carboxylic acids is 1. The summed E-state index contributed by atoms with van der Waals surface area (Å²) in [4.78, 5) is 10.0. The molecule has 0 aromatic carbocycles. The number of aliphatic hydroxyl groups is 1. The fourth-order valence-electron chi connectivity index (χ4n) is 0.616. The molecule has 0 aromatic heterocycles. The van der Waals surface area contributed by atoms with Gasteiger partial charge in [0, 0.05) is 5.33 Å². The quantitative estimate of drug-likeness (QED) is 0.667. The van der Waals surface area contributed by atoms with Crippen molar-refractivity contribution >= 4 is 21.9 Å². The van der Waals surface area contributed by atoms with Crippen LogP contribution in [-0.2, 0) is 4.79 Å². The van der Waals surface area contributed by atoms with Crippen LogP contribution in [0.4, 0.5) is 0 Å². The van der Waals surface area contributed by atoms with E-state index in [1.54, 1.807) is 0 Å². The number of alkyl halides is 1. The molecule has 0 aliphatic heterocycles. The third-order valence-corrected chi connectivity index (χ3v) is 1.64. The summed E-state index contributed by atoms with van der Waals surface area (Å²) in [6, 6.07) is 0. The standard InChI is InChI=1S/C6H11BrO3/c7-3-1-2-5(8)4-6(9)10/h5,8H,1-4H2,(H,9,10)/t5-/m0/s1. The lowest BCUT2D eigenvalue weighted by Gasteiger charge is -2.04. The lowest BCUT2D eigenvalue weighted by Crippen LogP contribution is -2.12. The highest BCUT2D eigenvalue weighted by atomic mass is 79.9. The van der Waals surface area contributed by atoms with Crippen molar-refractivity contribution in [2.45, 2.75) is 25.4 Å². The van der Waals surface area contributed by atoms with Crippen LogP contribution in [0.3, 0.4) is 0 Å². The Labute approximate surface area is 68.2 Å². The minimum atomic E-state index is -0.943. The third kappa shape index (κ3) is 6.04. The van der Waals surface area contributed by atoms with Crippen LogP contribution in [0.5, 0.6) is 0 Å². The highest BCUT2D eigenvalue weighted by molar-refractivity contribution is 9.09. The highest BCUT2D eigenvalue weighted by Crippen LogP contribution is 2.02. The Morgan fingerprint density at radius 1 is 1.60 bits per heavy atom. The van der Waals surface area contributed by atoms with Crippen LogP contribution in [0.1, 0.15) is 19.3 Å². The number of halogens is 1. The summed E-state index contributed by atoms with van der Waals surface area (Å²) in [7, 11) is 0. The highest BCUT2D eigenvalue weighted by Gasteiger charge is 2.07. The first-order valence-electron chi connectivity index (χ1n) is 3.12. The maximum absolute atomic E-state index is 10.0. The predicted octanol–water partition coefficient (Wildman–Crippen LogP) is 0.997. The zero-order chi connectivity index (χ0) is 7.98. The summed E-state index contributed by atoms with van der Waals surface area (Å²) in [5, 5.41) is 18.0. The summed E-state index contributed by atoms with van der Waals surface area (Å²) >= 11 is 3.19. The van der Waals surface area contributed by atoms with Crippen molar-refractivity contribution in [3.8, 4) is 0 Å². The molecule has 3 nitrogen and oxygen atoms in total. The average molecular weight is 211 g/mol. The predicted molar refractivity (Wildman–Crippen MR) is 41.3 cm³/mol. The van der Waals surface area contributed by atoms with Crippen molar-refractivity contribution in [1.82, 2.24) is 0 Å². The number of hydrogen-bond donors (Lipinski definition) is 2. The van der Waals surface area contributed by atoms with Gasteiger partial charge in [0.15, 0.2) is 0 Å². The maximum Gasteiger partial charge on any atom is 0.305 e. The van der Waals surface area contributed by atoms with Gasteiger partial charge in [0.25, 0.3) is 0 Å². The van der Waals surface area contributed by atoms with Crippen LogP contribution in [0.25, 0.3) is 0 Å². The molecule has 0 unspecified atom stereocenters. The van der Waals surface area contributed by atoms with E-state index in [0.717, 1.165) is 11.8 Å². The average Bonchev–Trinajstić information content (AvgIpc) is 1.82. The molecule has 0 aliphatic carbocycles. The molecule has 0 radical (unpaired) electrons. The third-order valence-electron chi connectivity index (χ3n) is 1.08. The zero-order valence-corrected chi connectivity index (χ0v) is 7.17. The summed E-state index contributed by atoms with van der Waals surface area (Å²) in [6.45, 7) is 0. The summed E-state index contributed by atoms with van der Waals surface area (Å²) in [5.41, 5.74) is 0. The molecule has 2 N–H and O–H groups in total. The molecule has 0 aromatic rings. The number of carboxylic acid groups (broad SMARTS) is 1. The monoisotopic (exact) mass is 210 g/mol. The van der Waals surface area contributed by atoms with Gasteiger partial charge in [-0.3, -0.25) is 4.79 Å². The van der Waals surface area contributed by atoms with Crippen LogP contribution < -0.4 is 0 Å². The molecule has 0 spiro atoms. The van der Waals surface area contributed by atoms with E-state index in [-0.39, 0.29) is 6.42 Å². The van der Waals surface area contributed by atoms with Crippen LogP contribution in [0, 0.1) is 0 Å². The number of rotatable bonds is 5. The fourth-order valence-corrected chi connectivity index (χ4v) is 0.940. The second-order valence-electron chi connectivity index (χ2n) is 2.08. The van der Waals surface area contributed by atoms with Crippen molar-refractivity contribution in [2.24, 2.45) is 0 Å². The molecule has 0 amide bonds. The first-order valence-corrected chi connectivity index (χ1v) is 4.24. The van der Waals surface area contributed by atoms with Gasteiger partial charge in [-0.05, 0) is 12.8 Å². The number of carbonyl (C=O) groups is 1. The molecule has 0 fully saturated rings. The summed E-state index contributed by atoms with van der Waals surface area (Å²) in [5.74, 6) is -0.943. The van der Waals surface area contributed by atoms with Crippen molar-refractivity contribution in [2.75, 3.05) is 5.33 Å². The van der Waals surface area contributed by atoms with Gasteiger partial charge in [-0.15, -0.1) is 0 Å². The second kappa shape index (κ2) is 5.68. The second-order valence-corrected chi connectivity index (χ2v) is 2.88. The Bertz CT molecular complexity index is 105. The van der Waals surface area contributed by atoms with Gasteiger partial charge >= 0.3 is 5.97 Å². The van der Waals surface area contributed by atoms with Crippen molar-refractivity contribution in [1.29, 1.82) is 0 Å². The van der Waals surface area contributed by atoms with E-state index in [9.17, 15) is 4.79 Å². The Kier molecular flexibility index (Phi) is 5.63. The van der Waals surface area contributed by atoms with Gasteiger partial charge in [0.1, 0.15) is 0 Å². The minimum Gasteiger partial charge on any atom is -0.481 e. The minimum absolute atomic E-state index is 0.146. The largest absolute Gasteiger partial charge is 0.481 e. The lowest BCUT2D eigenvalue weighted by atomic mass is 10.1. The summed E-state index contributed by atoms with van der Waals surface area (Å²) in [6.07, 6.45) is 0.536. The molecule has 0 aliphatic rings. The van der Waals surface area contributed by atoms with Crippen LogP contribution in [0.15, 0.2) is 0 Å². The molecule has 0 saturated heterocycles. The van der Waals surface area contributed by atoms with E-state index in [2.05, 4.69) is 15.9 Å². The van der Waals surface area contributed by atoms with Crippen LogP contribution in [0.2, 0.25) is 0 Å². The van der Waals surface area contributed by atoms with Crippen molar-refractivity contribution in [3.05, 3.63) is 0 Å². The van der Waals surface area contributed by atoms with Gasteiger partial charge in [-0.25, -0.2) is 0 Å². The van der Waals surface area contributed by atoms with E-state index in [1.807, 2.05) is 0 Å². The van der Waals surface area contributed by atoms with Gasteiger partial charge < -0.3 is 10.2 Å². The fraction of sp³-hybridized carbons (Fsp3) is 0.833. The zero-order valence-electron chi connectivity index (χ0n) is 5.59. The number of aliphatic hydroxyl groups excluding tert-OH is 1. The van der Waals surface area contributed by atoms with Gasteiger partial charge in [-0.1, -0.05) is 15.9 Å². The Balaban J connectivity index is 3.25. The van der Waals surface area contributed by atoms with Crippen LogP contribution >= 0.6 is 15.9 Å². The molecule has 4 heteroatoms. The lowest BCUT2D eigenvalue weighted by molar-refractivity contribution is -0.139. The molecule has 0 rings (SSSR count). The molecule has 0 heterocycles. The van der Waals surface area contributed by atoms with E-state index in [0.29, 0.717) is 6.42 Å². The normalized spacial score (nSPS) is 13.0. The van der Waals surface area contributed by atoms with Gasteiger partial charge in [0.2, 0.25) is 0 Å². The van der Waals surface area contributed by atoms with Gasteiger partial charge in [-0.2, -0.15) is 0 Å². The molecule has 0 saturated carbocycles. The SMILES string of the molecule is O=C(O)C[C@@H](O)CCCBr. The van der Waals surface area contributed by atoms with E-state index in [1.165, 1.54) is 0 Å². The van der Waals surface area contributed by atoms with Crippen molar-refractivity contribution < 1.29 is 15.0 Å². The van der Waals surface area contributed by atoms with Crippen LogP contribution in [-0.4, -0.2) is 27.6 Å². The first kappa shape index (κ1) is 9.91. The molecular formula is C6H11BrO3. The smallest absolute Gasteiger partial charge is 0.305 e. The van der Waals surface area contributed by atoms with Gasteiger partial charge in [0.05, 0.1) is 12.5 Å². The van der Waals surface area contributed by atoms with E-state index >= 15 is 0 Å². The summed E-state index contributed by atoms with van der Waals surface area (Å²) < 4.78 is 0. The maximum atomic E-state index is 10.0. The first-order chi connectivity index (χ1) is 4.66. The number of aliphatic carboxylic acids is 1. The molecule has 60 valence electrons. The Hall–Kier alpha value is -0.0900. The Morgan fingerprint density at radius 2 is 2.20 bits per heavy atom. The van der Waals surface area contributed by atoms with E-state index in [4.69, 9.17) is 10.2 Å². The Morgan fingerprint density at radius 3 is 2.60 bits per heavy atom.